The third kappa shape index (κ3) is 12.1. The van der Waals surface area contributed by atoms with Crippen molar-refractivity contribution in [1.29, 1.82) is 0 Å². The maximum atomic E-state index is 2.41. The van der Waals surface area contributed by atoms with E-state index in [1.807, 2.05) is 0 Å². The lowest BCUT2D eigenvalue weighted by Crippen LogP contribution is -3.00. The average molecular weight is 416 g/mol. The van der Waals surface area contributed by atoms with Crippen LogP contribution in [0.1, 0.15) is 143 Å². The van der Waals surface area contributed by atoms with Crippen LogP contribution in [0.4, 0.5) is 0 Å². The average Bonchev–Trinajstić information content (AvgIpc) is 2.69. The molecule has 1 nitrogen and oxygen atoms in total. The zero-order valence-electron chi connectivity index (χ0n) is 20.0. The molecule has 1 aliphatic carbocycles. The molecule has 0 amide bonds. The van der Waals surface area contributed by atoms with Crippen LogP contribution in [0.5, 0.6) is 0 Å². The van der Waals surface area contributed by atoms with Crippen LogP contribution in [0, 0.1) is 0 Å². The van der Waals surface area contributed by atoms with Crippen molar-refractivity contribution >= 4 is 0 Å². The van der Waals surface area contributed by atoms with Crippen LogP contribution < -0.4 is 12.4 Å². The summed E-state index contributed by atoms with van der Waals surface area (Å²) in [6.07, 6.45) is 27.9. The van der Waals surface area contributed by atoms with Gasteiger partial charge in [-0.15, -0.1) is 0 Å². The van der Waals surface area contributed by atoms with Crippen molar-refractivity contribution in [2.24, 2.45) is 0 Å². The van der Waals surface area contributed by atoms with E-state index < -0.39 is 0 Å². The number of quaternary nitrogens is 1. The van der Waals surface area contributed by atoms with Gasteiger partial charge in [0.25, 0.3) is 0 Å². The molecule has 0 aromatic heterocycles. The van der Waals surface area contributed by atoms with Crippen molar-refractivity contribution in [1.82, 2.24) is 0 Å². The Morgan fingerprint density at radius 2 is 0.929 bits per heavy atom. The number of nitrogens with zero attached hydrogens (tertiary/aromatic N) is 1. The van der Waals surface area contributed by atoms with E-state index in [2.05, 4.69) is 20.8 Å². The second-order valence-corrected chi connectivity index (χ2v) is 9.57. The summed E-state index contributed by atoms with van der Waals surface area (Å²) in [5.41, 5.74) is 0. The molecule has 0 unspecified atom stereocenters. The molecule has 2 heteroatoms. The van der Waals surface area contributed by atoms with Crippen LogP contribution in [0.3, 0.4) is 0 Å². The number of hydrogen-bond donors (Lipinski definition) is 0. The van der Waals surface area contributed by atoms with Crippen molar-refractivity contribution in [2.45, 2.75) is 149 Å². The van der Waals surface area contributed by atoms with Crippen LogP contribution in [0.25, 0.3) is 0 Å². The zero-order chi connectivity index (χ0) is 19.6. The summed E-state index contributed by atoms with van der Waals surface area (Å²) in [7, 11) is 0. The third-order valence-corrected chi connectivity index (χ3v) is 7.14. The summed E-state index contributed by atoms with van der Waals surface area (Å²) >= 11 is 0. The minimum absolute atomic E-state index is 0. The smallest absolute Gasteiger partial charge is 0.0890 e. The van der Waals surface area contributed by atoms with E-state index >= 15 is 0 Å². The number of rotatable bonds is 18. The Hall–Kier alpha value is 0.250. The Kier molecular flexibility index (Phi) is 19.4. The molecular formula is C26H54ClN. The normalized spacial score (nSPS) is 15.5. The van der Waals surface area contributed by atoms with Gasteiger partial charge >= 0.3 is 0 Å². The van der Waals surface area contributed by atoms with Crippen molar-refractivity contribution in [2.75, 3.05) is 19.6 Å². The minimum atomic E-state index is 0. The molecule has 0 bridgehead atoms. The summed E-state index contributed by atoms with van der Waals surface area (Å²) in [6.45, 7) is 11.5. The third-order valence-electron chi connectivity index (χ3n) is 7.14. The monoisotopic (exact) mass is 415 g/mol. The van der Waals surface area contributed by atoms with Crippen molar-refractivity contribution in [3.05, 3.63) is 0 Å². The molecule has 0 N–H and O–H groups in total. The van der Waals surface area contributed by atoms with E-state index in [9.17, 15) is 0 Å². The van der Waals surface area contributed by atoms with Crippen LogP contribution in [-0.4, -0.2) is 30.2 Å². The SMILES string of the molecule is CCCCCCCCCCCCCC[N+](CCC)(CCC)C1CCCCC1.[Cl-]. The molecule has 0 aliphatic heterocycles. The van der Waals surface area contributed by atoms with E-state index in [1.165, 1.54) is 146 Å². The van der Waals surface area contributed by atoms with Gasteiger partial charge in [-0.3, -0.25) is 0 Å². The fourth-order valence-electron chi connectivity index (χ4n) is 5.67. The van der Waals surface area contributed by atoms with Gasteiger partial charge in [0.2, 0.25) is 0 Å². The van der Waals surface area contributed by atoms with Crippen LogP contribution in [0.15, 0.2) is 0 Å². The summed E-state index contributed by atoms with van der Waals surface area (Å²) < 4.78 is 1.48. The molecule has 1 aliphatic rings. The van der Waals surface area contributed by atoms with Gasteiger partial charge in [0.05, 0.1) is 25.7 Å². The van der Waals surface area contributed by atoms with Crippen LogP contribution in [-0.2, 0) is 0 Å². The lowest BCUT2D eigenvalue weighted by molar-refractivity contribution is -0.952. The number of unbranched alkanes of at least 4 members (excludes halogenated alkanes) is 11. The fraction of sp³-hybridized carbons (Fsp3) is 1.00. The molecular weight excluding hydrogens is 362 g/mol. The van der Waals surface area contributed by atoms with Crippen molar-refractivity contribution in [3.8, 4) is 0 Å². The summed E-state index contributed by atoms with van der Waals surface area (Å²) in [5.74, 6) is 0. The molecule has 0 aromatic carbocycles. The van der Waals surface area contributed by atoms with Crippen molar-refractivity contribution in [3.63, 3.8) is 0 Å². The largest absolute Gasteiger partial charge is 1.00 e. The van der Waals surface area contributed by atoms with Gasteiger partial charge in [-0.25, -0.2) is 0 Å². The highest BCUT2D eigenvalue weighted by atomic mass is 35.5. The first-order chi connectivity index (χ1) is 13.3. The number of hydrogen-bond acceptors (Lipinski definition) is 0. The Morgan fingerprint density at radius 3 is 1.36 bits per heavy atom. The molecule has 0 aromatic rings. The molecule has 1 rings (SSSR count). The molecule has 0 radical (unpaired) electrons. The summed E-state index contributed by atoms with van der Waals surface area (Å²) in [5, 5.41) is 0. The Bertz CT molecular complexity index is 306. The summed E-state index contributed by atoms with van der Waals surface area (Å²) in [4.78, 5) is 0. The molecule has 1 saturated carbocycles. The first-order valence-corrected chi connectivity index (χ1v) is 13.1. The van der Waals surface area contributed by atoms with E-state index in [0.717, 1.165) is 6.04 Å². The summed E-state index contributed by atoms with van der Waals surface area (Å²) in [6, 6.07) is 0.992. The highest BCUT2D eigenvalue weighted by Crippen LogP contribution is 2.30. The van der Waals surface area contributed by atoms with Gasteiger partial charge in [-0.05, 0) is 51.4 Å². The van der Waals surface area contributed by atoms with E-state index in [0.29, 0.717) is 0 Å². The Morgan fingerprint density at radius 1 is 0.500 bits per heavy atom. The van der Waals surface area contributed by atoms with Gasteiger partial charge < -0.3 is 16.9 Å². The highest BCUT2D eigenvalue weighted by Gasteiger charge is 2.35. The maximum absolute atomic E-state index is 2.41. The molecule has 170 valence electrons. The van der Waals surface area contributed by atoms with E-state index in [4.69, 9.17) is 0 Å². The zero-order valence-corrected chi connectivity index (χ0v) is 20.7. The first-order valence-electron chi connectivity index (χ1n) is 13.1. The second-order valence-electron chi connectivity index (χ2n) is 9.57. The van der Waals surface area contributed by atoms with E-state index in [-0.39, 0.29) is 12.4 Å². The predicted octanol–water partition coefficient (Wildman–Crippen LogP) is 5.66. The topological polar surface area (TPSA) is 0 Å². The predicted molar refractivity (Wildman–Crippen MR) is 123 cm³/mol. The van der Waals surface area contributed by atoms with Crippen molar-refractivity contribution < 1.29 is 16.9 Å². The van der Waals surface area contributed by atoms with Gasteiger partial charge in [0, 0.05) is 0 Å². The Balaban J connectivity index is 0.00000729. The van der Waals surface area contributed by atoms with Crippen LogP contribution in [0.2, 0.25) is 0 Å². The first kappa shape index (κ1) is 28.2. The van der Waals surface area contributed by atoms with Gasteiger partial charge in [-0.2, -0.15) is 0 Å². The molecule has 28 heavy (non-hydrogen) atoms. The molecule has 1 fully saturated rings. The lowest BCUT2D eigenvalue weighted by Gasteiger charge is -2.47. The van der Waals surface area contributed by atoms with Crippen LogP contribution >= 0.6 is 0 Å². The Labute approximate surface area is 185 Å². The van der Waals surface area contributed by atoms with Gasteiger partial charge in [-0.1, -0.05) is 91.4 Å². The molecule has 0 atom stereocenters. The minimum Gasteiger partial charge on any atom is -1.00 e. The maximum Gasteiger partial charge on any atom is 0.0890 e. The lowest BCUT2D eigenvalue weighted by atomic mass is 9.91. The van der Waals surface area contributed by atoms with Gasteiger partial charge in [0.1, 0.15) is 0 Å². The van der Waals surface area contributed by atoms with E-state index in [1.54, 1.807) is 0 Å². The molecule has 0 heterocycles. The second kappa shape index (κ2) is 19.2. The standard InChI is InChI=1S/C26H54N.ClH/c1-4-7-8-9-10-11-12-13-14-15-16-20-25-27(23-5-2,24-6-3)26-21-18-17-19-22-26;/h26H,4-25H2,1-3H3;1H/q+1;/p-1. The van der Waals surface area contributed by atoms with Gasteiger partial charge in [0.15, 0.2) is 0 Å². The fourth-order valence-corrected chi connectivity index (χ4v) is 5.67. The quantitative estimate of drug-likeness (QED) is 0.200. The highest BCUT2D eigenvalue weighted by molar-refractivity contribution is 4.68. The molecule has 0 spiro atoms. The number of halogens is 1. The molecule has 0 saturated heterocycles.